The zero-order valence-corrected chi connectivity index (χ0v) is 22.8. The van der Waals surface area contributed by atoms with Crippen molar-refractivity contribution in [3.05, 3.63) is 94.1 Å². The summed E-state index contributed by atoms with van der Waals surface area (Å²) in [4.78, 5) is 43.5. The first-order valence-corrected chi connectivity index (χ1v) is 13.3. The van der Waals surface area contributed by atoms with Crippen LogP contribution < -0.4 is 10.6 Å². The van der Waals surface area contributed by atoms with Gasteiger partial charge < -0.3 is 19.7 Å². The van der Waals surface area contributed by atoms with Gasteiger partial charge in [0.15, 0.2) is 5.82 Å². The molecular formula is C27H22ClFN6O4S. The molecule has 10 nitrogen and oxygen atoms in total. The maximum Gasteiger partial charge on any atom is 0.287 e. The van der Waals surface area contributed by atoms with Crippen LogP contribution in [0.3, 0.4) is 0 Å². The van der Waals surface area contributed by atoms with E-state index in [0.29, 0.717) is 22.3 Å². The van der Waals surface area contributed by atoms with E-state index in [2.05, 4.69) is 25.1 Å². The van der Waals surface area contributed by atoms with Crippen molar-refractivity contribution in [3.63, 3.8) is 0 Å². The molecule has 0 bridgehead atoms. The number of halogens is 2. The van der Waals surface area contributed by atoms with Gasteiger partial charge in [0.25, 0.3) is 11.8 Å². The molecule has 0 aliphatic rings. The Balaban J connectivity index is 1.61. The largest absolute Gasteiger partial charge is 0.364 e. The Morgan fingerprint density at radius 3 is 2.70 bits per heavy atom. The lowest BCUT2D eigenvalue weighted by molar-refractivity contribution is -0.117. The molecule has 0 fully saturated rings. The predicted molar refractivity (Wildman–Crippen MR) is 147 cm³/mol. The highest BCUT2D eigenvalue weighted by molar-refractivity contribution is 7.13. The zero-order chi connectivity index (χ0) is 28.4. The summed E-state index contributed by atoms with van der Waals surface area (Å²) in [5.74, 6) is -2.77. The molecule has 0 aliphatic heterocycles. The number of amides is 2. The average molecular weight is 581 g/mol. The minimum absolute atomic E-state index is 0.0164. The smallest absolute Gasteiger partial charge is 0.287 e. The van der Waals surface area contributed by atoms with Crippen LogP contribution in [0.15, 0.2) is 59.3 Å². The molecule has 40 heavy (non-hydrogen) atoms. The van der Waals surface area contributed by atoms with Crippen LogP contribution in [0, 0.1) is 5.82 Å². The molecule has 5 rings (SSSR count). The van der Waals surface area contributed by atoms with Crippen LogP contribution in [0.2, 0.25) is 5.02 Å². The lowest BCUT2D eigenvalue weighted by Gasteiger charge is -2.19. The number of hydrogen-bond acceptors (Lipinski definition) is 8. The number of fused-ring (bicyclic) bond motifs is 1. The minimum atomic E-state index is -0.686. The number of hydrogen-bond donors (Lipinski definition) is 2. The molecule has 0 radical (unpaired) electrons. The highest BCUT2D eigenvalue weighted by atomic mass is 35.5. The molecule has 1 atom stereocenters. The molecule has 0 saturated carbocycles. The topological polar surface area (TPSA) is 132 Å². The van der Waals surface area contributed by atoms with E-state index in [0.717, 1.165) is 4.70 Å². The van der Waals surface area contributed by atoms with Crippen molar-refractivity contribution in [3.8, 4) is 0 Å². The molecular weight excluding hydrogens is 559 g/mol. The van der Waals surface area contributed by atoms with Gasteiger partial charge in [-0.25, -0.2) is 9.37 Å². The number of carbonyl (C=O) groups is 3. The first-order valence-electron chi connectivity index (χ1n) is 12.1. The summed E-state index contributed by atoms with van der Waals surface area (Å²) < 4.78 is 25.6. The Morgan fingerprint density at radius 1 is 1.15 bits per heavy atom. The molecule has 2 N–H and O–H groups in total. The molecule has 0 spiro atoms. The monoisotopic (exact) mass is 580 g/mol. The van der Waals surface area contributed by atoms with Gasteiger partial charge in [-0.15, -0.1) is 0 Å². The average Bonchev–Trinajstić information content (AvgIpc) is 3.67. The van der Waals surface area contributed by atoms with E-state index in [-0.39, 0.29) is 41.2 Å². The summed E-state index contributed by atoms with van der Waals surface area (Å²) in [6, 6.07) is 12.8. The highest BCUT2D eigenvalue weighted by Crippen LogP contribution is 2.36. The van der Waals surface area contributed by atoms with E-state index in [1.54, 1.807) is 25.1 Å². The first-order chi connectivity index (χ1) is 19.2. The Kier molecular flexibility index (Phi) is 7.71. The molecule has 0 aliphatic carbocycles. The summed E-state index contributed by atoms with van der Waals surface area (Å²) in [6.07, 6.45) is 1.37. The van der Waals surface area contributed by atoms with Crippen molar-refractivity contribution in [1.82, 2.24) is 24.4 Å². The maximum absolute atomic E-state index is 14.3. The van der Waals surface area contributed by atoms with Gasteiger partial charge in [0.1, 0.15) is 29.3 Å². The molecule has 204 valence electrons. The van der Waals surface area contributed by atoms with E-state index >= 15 is 0 Å². The number of Topliss-reactive ketones (excluding diaryl/α,β-unsaturated/α-hetero) is 1. The van der Waals surface area contributed by atoms with Crippen LogP contribution in [0.5, 0.6) is 0 Å². The third kappa shape index (κ3) is 5.49. The molecule has 3 aromatic heterocycles. The number of benzene rings is 2. The van der Waals surface area contributed by atoms with Gasteiger partial charge in [-0.2, -0.15) is 4.37 Å². The highest BCUT2D eigenvalue weighted by Gasteiger charge is 2.30. The van der Waals surface area contributed by atoms with Crippen LogP contribution in [0.4, 0.5) is 10.2 Å². The van der Waals surface area contributed by atoms with E-state index in [1.807, 2.05) is 12.1 Å². The summed E-state index contributed by atoms with van der Waals surface area (Å²) >= 11 is 7.60. The lowest BCUT2D eigenvalue weighted by atomic mass is 9.96. The fraction of sp³-hybridized carbons (Fsp3) is 0.185. The summed E-state index contributed by atoms with van der Waals surface area (Å²) in [7, 11) is 0. The maximum atomic E-state index is 14.3. The summed E-state index contributed by atoms with van der Waals surface area (Å²) in [5.41, 5.74) is 1.33. The quantitative estimate of drug-likeness (QED) is 0.245. The molecule has 5 aromatic rings. The molecule has 3 heterocycles. The number of aromatic nitrogens is 4. The molecule has 2 amide bonds. The Labute approximate surface area is 236 Å². The van der Waals surface area contributed by atoms with Crippen molar-refractivity contribution in [2.24, 2.45) is 0 Å². The Bertz CT molecular complexity index is 1730. The van der Waals surface area contributed by atoms with Crippen molar-refractivity contribution < 1.29 is 23.3 Å². The van der Waals surface area contributed by atoms with Crippen molar-refractivity contribution >= 4 is 56.6 Å². The van der Waals surface area contributed by atoms with E-state index < -0.39 is 23.5 Å². The fourth-order valence-corrected chi connectivity index (χ4v) is 5.40. The van der Waals surface area contributed by atoms with Crippen LogP contribution in [0.1, 0.15) is 57.8 Å². The van der Waals surface area contributed by atoms with Crippen LogP contribution in [0.25, 0.3) is 10.1 Å². The molecule has 0 unspecified atom stereocenters. The molecule has 13 heteroatoms. The molecule has 2 aromatic carbocycles. The number of rotatable bonds is 9. The standard InChI is InChI=1S/C27H22ClFN6O4S/c1-14(36)13-35-23(15(2)19-11-16(29)7-8-20(19)28)24(31-25(35)27(38)30-12-17-9-10-39-33-17)32-26(37)22-18-5-3-4-6-21(18)40-34-22/h3-11,15H,12-13H2,1-2H3,(H,30,38)(H,32,37)/t15-/m1/s1. The normalized spacial score (nSPS) is 11.9. The Morgan fingerprint density at radius 2 is 1.95 bits per heavy atom. The van der Waals surface area contributed by atoms with Crippen molar-refractivity contribution in [1.29, 1.82) is 0 Å². The van der Waals surface area contributed by atoms with Crippen LogP contribution >= 0.6 is 23.1 Å². The number of nitrogens with one attached hydrogen (secondary N) is 2. The SMILES string of the molecule is CC(=O)Cn1c(C(=O)NCc2ccon2)nc(NC(=O)c2nsc3ccccc23)c1[C@H](C)c1cc(F)ccc1Cl. The van der Waals surface area contributed by atoms with Gasteiger partial charge in [-0.1, -0.05) is 41.9 Å². The first kappa shape index (κ1) is 27.2. The van der Waals surface area contributed by atoms with Gasteiger partial charge in [0.05, 0.1) is 23.5 Å². The van der Waals surface area contributed by atoms with Gasteiger partial charge in [0, 0.05) is 22.4 Å². The van der Waals surface area contributed by atoms with E-state index in [4.69, 9.17) is 16.1 Å². The second kappa shape index (κ2) is 11.4. The van der Waals surface area contributed by atoms with Gasteiger partial charge in [0.2, 0.25) is 5.82 Å². The number of imidazole rings is 1. The number of carbonyl (C=O) groups excluding carboxylic acids is 3. The van der Waals surface area contributed by atoms with Crippen molar-refractivity contribution in [2.75, 3.05) is 5.32 Å². The fourth-order valence-electron chi connectivity index (χ4n) is 4.34. The van der Waals surface area contributed by atoms with E-state index in [1.165, 1.54) is 47.5 Å². The van der Waals surface area contributed by atoms with Gasteiger partial charge in [-0.05, 0) is 48.3 Å². The number of ketones is 1. The summed E-state index contributed by atoms with van der Waals surface area (Å²) in [6.45, 7) is 2.89. The van der Waals surface area contributed by atoms with E-state index in [9.17, 15) is 18.8 Å². The number of anilines is 1. The van der Waals surface area contributed by atoms with Crippen LogP contribution in [-0.2, 0) is 17.9 Å². The number of nitrogens with zero attached hydrogens (tertiary/aromatic N) is 4. The second-order valence-electron chi connectivity index (χ2n) is 9.00. The third-order valence-corrected chi connectivity index (χ3v) is 7.34. The summed E-state index contributed by atoms with van der Waals surface area (Å²) in [5, 5.41) is 10.2. The predicted octanol–water partition coefficient (Wildman–Crippen LogP) is 5.20. The van der Waals surface area contributed by atoms with Gasteiger partial charge in [-0.3, -0.25) is 14.4 Å². The third-order valence-electron chi connectivity index (χ3n) is 6.17. The molecule has 0 saturated heterocycles. The van der Waals surface area contributed by atoms with Crippen LogP contribution in [-0.4, -0.2) is 36.7 Å². The van der Waals surface area contributed by atoms with Crippen molar-refractivity contribution in [2.45, 2.75) is 32.9 Å². The second-order valence-corrected chi connectivity index (χ2v) is 10.2. The zero-order valence-electron chi connectivity index (χ0n) is 21.3. The lowest BCUT2D eigenvalue weighted by Crippen LogP contribution is -2.28. The van der Waals surface area contributed by atoms with Gasteiger partial charge >= 0.3 is 0 Å². The Hall–Kier alpha value is -4.42. The minimum Gasteiger partial charge on any atom is -0.364 e.